The lowest BCUT2D eigenvalue weighted by atomic mass is 10.1. The van der Waals surface area contributed by atoms with Gasteiger partial charge in [0.15, 0.2) is 5.78 Å². The Labute approximate surface area is 124 Å². The van der Waals surface area contributed by atoms with Crippen LogP contribution in [-0.2, 0) is 20.9 Å². The first kappa shape index (κ1) is 16.9. The smallest absolute Gasteiger partial charge is 0.343 e. The quantitative estimate of drug-likeness (QED) is 0.333. The van der Waals surface area contributed by atoms with Crippen molar-refractivity contribution >= 4 is 17.4 Å². The van der Waals surface area contributed by atoms with Gasteiger partial charge in [-0.1, -0.05) is 19.1 Å². The number of hydrogen-bond acceptors (Lipinski definition) is 5. The van der Waals surface area contributed by atoms with Crippen LogP contribution in [0.15, 0.2) is 36.0 Å². The summed E-state index contributed by atoms with van der Waals surface area (Å²) < 4.78 is 4.90. The van der Waals surface area contributed by atoms with Crippen molar-refractivity contribution in [3.63, 3.8) is 0 Å². The topological polar surface area (TPSA) is 75.6 Å². The lowest BCUT2D eigenvalue weighted by Gasteiger charge is -2.07. The maximum absolute atomic E-state index is 11.9. The molecule has 2 N–H and O–H groups in total. The molecule has 1 rings (SSSR count). The van der Waals surface area contributed by atoms with Crippen LogP contribution in [0.3, 0.4) is 0 Å². The van der Waals surface area contributed by atoms with Gasteiger partial charge in [0, 0.05) is 18.3 Å². The van der Waals surface area contributed by atoms with Gasteiger partial charge < -0.3 is 15.2 Å². The molecule has 0 atom stereocenters. The number of aliphatic hydroxyl groups is 1. The van der Waals surface area contributed by atoms with Crippen molar-refractivity contribution in [1.82, 2.24) is 0 Å². The number of esters is 1. The van der Waals surface area contributed by atoms with E-state index in [1.54, 1.807) is 31.2 Å². The Balaban J connectivity index is 2.85. The van der Waals surface area contributed by atoms with Crippen molar-refractivity contribution in [3.8, 4) is 0 Å². The van der Waals surface area contributed by atoms with E-state index < -0.39 is 5.97 Å². The molecular formula is C16H21NO4. The summed E-state index contributed by atoms with van der Waals surface area (Å²) in [6.07, 6.45) is 2.35. The Morgan fingerprint density at radius 2 is 1.90 bits per heavy atom. The Morgan fingerprint density at radius 3 is 2.43 bits per heavy atom. The molecule has 0 amide bonds. The van der Waals surface area contributed by atoms with Crippen LogP contribution in [0.25, 0.3) is 0 Å². The van der Waals surface area contributed by atoms with Crippen LogP contribution in [0.4, 0.5) is 5.69 Å². The van der Waals surface area contributed by atoms with Gasteiger partial charge in [0.05, 0.1) is 13.2 Å². The molecule has 1 aromatic carbocycles. The average Bonchev–Trinajstić information content (AvgIpc) is 2.48. The second-order valence-corrected chi connectivity index (χ2v) is 4.45. The molecule has 0 aliphatic carbocycles. The second-order valence-electron chi connectivity index (χ2n) is 4.45. The molecule has 0 spiro atoms. The Bertz CT molecular complexity index is 486. The summed E-state index contributed by atoms with van der Waals surface area (Å²) in [7, 11) is 0. The van der Waals surface area contributed by atoms with Crippen LogP contribution in [0.2, 0.25) is 0 Å². The molecule has 0 radical (unpaired) electrons. The van der Waals surface area contributed by atoms with Crippen molar-refractivity contribution in [3.05, 3.63) is 41.6 Å². The molecule has 1 aromatic rings. The number of ether oxygens (including phenoxy) is 1. The zero-order valence-electron chi connectivity index (χ0n) is 12.4. The molecule has 0 saturated carbocycles. The molecule has 0 saturated heterocycles. The second kappa shape index (κ2) is 8.92. The Morgan fingerprint density at radius 1 is 1.24 bits per heavy atom. The molecule has 5 nitrogen and oxygen atoms in total. The molecule has 0 fully saturated rings. The molecular weight excluding hydrogens is 270 g/mol. The van der Waals surface area contributed by atoms with E-state index in [0.29, 0.717) is 12.8 Å². The highest BCUT2D eigenvalue weighted by molar-refractivity contribution is 6.17. The van der Waals surface area contributed by atoms with E-state index in [9.17, 15) is 9.59 Å². The minimum absolute atomic E-state index is 0.0185. The zero-order valence-corrected chi connectivity index (χ0v) is 12.4. The van der Waals surface area contributed by atoms with E-state index in [2.05, 4.69) is 5.32 Å². The lowest BCUT2D eigenvalue weighted by molar-refractivity contribution is -0.140. The van der Waals surface area contributed by atoms with E-state index in [1.807, 2.05) is 6.92 Å². The maximum Gasteiger partial charge on any atom is 0.343 e. The number of benzene rings is 1. The number of carbonyl (C=O) groups is 2. The first-order valence-corrected chi connectivity index (χ1v) is 6.99. The van der Waals surface area contributed by atoms with Crippen LogP contribution >= 0.6 is 0 Å². The Hall–Kier alpha value is -2.14. The van der Waals surface area contributed by atoms with Gasteiger partial charge in [-0.2, -0.15) is 0 Å². The lowest BCUT2D eigenvalue weighted by Crippen LogP contribution is -2.17. The van der Waals surface area contributed by atoms with E-state index >= 15 is 0 Å². The standard InChI is InChI=1S/C16H21NO4/c1-3-5-15(19)14(16(20)21-4-2)10-17-13-8-6-12(11-18)7-9-13/h6-10,17-18H,3-5,11H2,1-2H3/b14-10-. The molecule has 114 valence electrons. The third-order valence-electron chi connectivity index (χ3n) is 2.79. The van der Waals surface area contributed by atoms with Crippen molar-refractivity contribution in [2.45, 2.75) is 33.3 Å². The van der Waals surface area contributed by atoms with E-state index in [-0.39, 0.29) is 24.6 Å². The van der Waals surface area contributed by atoms with Gasteiger partial charge in [-0.25, -0.2) is 4.79 Å². The van der Waals surface area contributed by atoms with Gasteiger partial charge in [0.2, 0.25) is 0 Å². The number of Topliss-reactive ketones (excluding diaryl/α,β-unsaturated/α-hetero) is 1. The maximum atomic E-state index is 11.9. The SMILES string of the molecule is CCCC(=O)/C(=C/Nc1ccc(CO)cc1)C(=O)OCC. The van der Waals surface area contributed by atoms with Gasteiger partial charge in [-0.05, 0) is 31.0 Å². The van der Waals surface area contributed by atoms with Crippen LogP contribution < -0.4 is 5.32 Å². The summed E-state index contributed by atoms with van der Waals surface area (Å²) in [6.45, 7) is 3.77. The van der Waals surface area contributed by atoms with Crippen molar-refractivity contribution in [2.24, 2.45) is 0 Å². The fourth-order valence-corrected chi connectivity index (χ4v) is 1.69. The minimum atomic E-state index is -0.615. The summed E-state index contributed by atoms with van der Waals surface area (Å²) in [5.41, 5.74) is 1.53. The molecule has 0 bridgehead atoms. The molecule has 0 aliphatic heterocycles. The summed E-state index contributed by atoms with van der Waals surface area (Å²) >= 11 is 0. The molecule has 0 aromatic heterocycles. The molecule has 0 unspecified atom stereocenters. The highest BCUT2D eigenvalue weighted by Gasteiger charge is 2.18. The van der Waals surface area contributed by atoms with E-state index in [1.165, 1.54) is 6.20 Å². The first-order chi connectivity index (χ1) is 10.1. The van der Waals surface area contributed by atoms with Gasteiger partial charge in [-0.15, -0.1) is 0 Å². The van der Waals surface area contributed by atoms with Crippen LogP contribution in [0, 0.1) is 0 Å². The normalized spacial score (nSPS) is 11.1. The highest BCUT2D eigenvalue weighted by atomic mass is 16.5. The van der Waals surface area contributed by atoms with Crippen LogP contribution in [0.1, 0.15) is 32.3 Å². The number of carbonyl (C=O) groups excluding carboxylic acids is 2. The zero-order chi connectivity index (χ0) is 15.7. The van der Waals surface area contributed by atoms with Crippen LogP contribution in [-0.4, -0.2) is 23.5 Å². The number of anilines is 1. The summed E-state index contributed by atoms with van der Waals surface area (Å²) in [5.74, 6) is -0.856. The molecule has 21 heavy (non-hydrogen) atoms. The van der Waals surface area contributed by atoms with Crippen molar-refractivity contribution in [2.75, 3.05) is 11.9 Å². The highest BCUT2D eigenvalue weighted by Crippen LogP contribution is 2.12. The predicted molar refractivity (Wildman–Crippen MR) is 80.6 cm³/mol. The summed E-state index contributed by atoms with van der Waals surface area (Å²) in [4.78, 5) is 23.7. The average molecular weight is 291 g/mol. The fourth-order valence-electron chi connectivity index (χ4n) is 1.69. The number of rotatable bonds is 8. The van der Waals surface area contributed by atoms with Crippen molar-refractivity contribution < 1.29 is 19.4 Å². The molecule has 0 aliphatic rings. The number of aliphatic hydroxyl groups excluding tert-OH is 1. The number of ketones is 1. The summed E-state index contributed by atoms with van der Waals surface area (Å²) in [6, 6.07) is 7.03. The minimum Gasteiger partial charge on any atom is -0.462 e. The monoisotopic (exact) mass is 291 g/mol. The fraction of sp³-hybridized carbons (Fsp3) is 0.375. The molecule has 5 heteroatoms. The molecule has 0 heterocycles. The third kappa shape index (κ3) is 5.39. The Kier molecular flexibility index (Phi) is 7.18. The number of nitrogens with one attached hydrogen (secondary N) is 1. The summed E-state index contributed by atoms with van der Waals surface area (Å²) in [5, 5.41) is 11.9. The van der Waals surface area contributed by atoms with Gasteiger partial charge in [0.1, 0.15) is 5.57 Å². The van der Waals surface area contributed by atoms with Gasteiger partial charge >= 0.3 is 5.97 Å². The largest absolute Gasteiger partial charge is 0.462 e. The van der Waals surface area contributed by atoms with E-state index in [0.717, 1.165) is 11.3 Å². The third-order valence-corrected chi connectivity index (χ3v) is 2.79. The van der Waals surface area contributed by atoms with Crippen molar-refractivity contribution in [1.29, 1.82) is 0 Å². The van der Waals surface area contributed by atoms with Crippen LogP contribution in [0.5, 0.6) is 0 Å². The van der Waals surface area contributed by atoms with E-state index in [4.69, 9.17) is 9.84 Å². The predicted octanol–water partition coefficient (Wildman–Crippen LogP) is 2.41. The first-order valence-electron chi connectivity index (χ1n) is 6.99. The van der Waals surface area contributed by atoms with Gasteiger partial charge in [-0.3, -0.25) is 4.79 Å². The van der Waals surface area contributed by atoms with Gasteiger partial charge in [0.25, 0.3) is 0 Å². The number of hydrogen-bond donors (Lipinski definition) is 2.